The number of hydrogen-bond donors (Lipinski definition) is 0. The summed E-state index contributed by atoms with van der Waals surface area (Å²) in [6.45, 7) is 4.07. The standard InChI is InChI=1S/C18H21N3O2S/c22-24(23,18-6-2-1-3-7-18)21-13-16-11-20(12-17(16)14-21)10-15-5-4-8-19-9-15/h1-9,16-17H,10-14H2/t16-,17-/m0/s1. The Balaban J connectivity index is 1.41. The monoisotopic (exact) mass is 343 g/mol. The van der Waals surface area contributed by atoms with Crippen molar-refractivity contribution in [3.63, 3.8) is 0 Å². The molecule has 1 aromatic heterocycles. The minimum Gasteiger partial charge on any atom is -0.298 e. The predicted octanol–water partition coefficient (Wildman–Crippen LogP) is 1.83. The van der Waals surface area contributed by atoms with Crippen molar-refractivity contribution in [3.05, 3.63) is 60.4 Å². The highest BCUT2D eigenvalue weighted by Crippen LogP contribution is 2.34. The minimum absolute atomic E-state index is 0.400. The molecule has 0 aliphatic carbocycles. The maximum atomic E-state index is 12.7. The Kier molecular flexibility index (Phi) is 4.12. The molecule has 3 heterocycles. The molecule has 1 aromatic carbocycles. The van der Waals surface area contributed by atoms with Gasteiger partial charge in [0.05, 0.1) is 4.90 Å². The predicted molar refractivity (Wildman–Crippen MR) is 91.7 cm³/mol. The molecule has 2 saturated heterocycles. The van der Waals surface area contributed by atoms with Gasteiger partial charge in [0.15, 0.2) is 0 Å². The third-order valence-electron chi connectivity index (χ3n) is 5.04. The molecule has 0 unspecified atom stereocenters. The zero-order valence-electron chi connectivity index (χ0n) is 13.5. The Hall–Kier alpha value is -1.76. The van der Waals surface area contributed by atoms with Crippen LogP contribution in [0.3, 0.4) is 0 Å². The maximum absolute atomic E-state index is 12.7. The fourth-order valence-electron chi connectivity index (χ4n) is 3.86. The smallest absolute Gasteiger partial charge is 0.243 e. The highest BCUT2D eigenvalue weighted by atomic mass is 32.2. The first-order valence-electron chi connectivity index (χ1n) is 8.29. The van der Waals surface area contributed by atoms with Crippen molar-refractivity contribution < 1.29 is 8.42 Å². The lowest BCUT2D eigenvalue weighted by Crippen LogP contribution is -2.33. The summed E-state index contributed by atoms with van der Waals surface area (Å²) in [5.41, 5.74) is 1.21. The SMILES string of the molecule is O=S(=O)(c1ccccc1)N1C[C@@H]2CN(Cc3cccnc3)C[C@H]2C1. The molecule has 6 heteroatoms. The molecule has 0 spiro atoms. The number of nitrogens with zero attached hydrogens (tertiary/aromatic N) is 3. The molecular formula is C18H21N3O2S. The van der Waals surface area contributed by atoms with Crippen LogP contribution in [0.25, 0.3) is 0 Å². The van der Waals surface area contributed by atoms with Crippen LogP contribution in [0.5, 0.6) is 0 Å². The number of pyridine rings is 1. The second kappa shape index (κ2) is 6.27. The molecule has 24 heavy (non-hydrogen) atoms. The van der Waals surface area contributed by atoms with Gasteiger partial charge in [-0.2, -0.15) is 4.31 Å². The first-order valence-corrected chi connectivity index (χ1v) is 9.73. The van der Waals surface area contributed by atoms with Gasteiger partial charge in [0, 0.05) is 45.1 Å². The molecule has 0 N–H and O–H groups in total. The van der Waals surface area contributed by atoms with Crippen LogP contribution in [0.2, 0.25) is 0 Å². The van der Waals surface area contributed by atoms with Gasteiger partial charge < -0.3 is 0 Å². The topological polar surface area (TPSA) is 53.5 Å². The zero-order chi connectivity index (χ0) is 16.6. The molecule has 126 valence electrons. The number of sulfonamides is 1. The Morgan fingerprint density at radius 1 is 0.958 bits per heavy atom. The second-order valence-corrected chi connectivity index (χ2v) is 8.65. The molecule has 2 aliphatic heterocycles. The van der Waals surface area contributed by atoms with E-state index in [0.29, 0.717) is 29.8 Å². The fraction of sp³-hybridized carbons (Fsp3) is 0.389. The van der Waals surface area contributed by atoms with Crippen molar-refractivity contribution in [2.24, 2.45) is 11.8 Å². The maximum Gasteiger partial charge on any atom is 0.243 e. The molecular weight excluding hydrogens is 322 g/mol. The molecule has 2 atom stereocenters. The minimum atomic E-state index is -3.35. The van der Waals surface area contributed by atoms with E-state index in [2.05, 4.69) is 16.0 Å². The average Bonchev–Trinajstić information content (AvgIpc) is 3.15. The van der Waals surface area contributed by atoms with E-state index in [1.807, 2.05) is 18.3 Å². The van der Waals surface area contributed by atoms with Crippen molar-refractivity contribution in [2.75, 3.05) is 26.2 Å². The molecule has 2 aliphatic rings. The van der Waals surface area contributed by atoms with E-state index >= 15 is 0 Å². The van der Waals surface area contributed by atoms with Crippen molar-refractivity contribution in [2.45, 2.75) is 11.4 Å². The third-order valence-corrected chi connectivity index (χ3v) is 6.88. The van der Waals surface area contributed by atoms with E-state index < -0.39 is 10.0 Å². The fourth-order valence-corrected chi connectivity index (χ4v) is 5.44. The third kappa shape index (κ3) is 2.97. The molecule has 2 aromatic rings. The van der Waals surface area contributed by atoms with Gasteiger partial charge in [0.25, 0.3) is 0 Å². The normalized spacial score (nSPS) is 25.0. The summed E-state index contributed by atoms with van der Waals surface area (Å²) < 4.78 is 27.2. The van der Waals surface area contributed by atoms with E-state index in [9.17, 15) is 8.42 Å². The van der Waals surface area contributed by atoms with Crippen LogP contribution >= 0.6 is 0 Å². The number of rotatable bonds is 4. The van der Waals surface area contributed by atoms with E-state index in [-0.39, 0.29) is 0 Å². The number of hydrogen-bond acceptors (Lipinski definition) is 4. The Morgan fingerprint density at radius 3 is 2.29 bits per heavy atom. The van der Waals surface area contributed by atoms with Gasteiger partial charge in [-0.3, -0.25) is 9.88 Å². The summed E-state index contributed by atoms with van der Waals surface area (Å²) in [5.74, 6) is 0.861. The van der Waals surface area contributed by atoms with Crippen LogP contribution < -0.4 is 0 Å². The highest BCUT2D eigenvalue weighted by molar-refractivity contribution is 7.89. The highest BCUT2D eigenvalue weighted by Gasteiger charge is 2.44. The average molecular weight is 343 g/mol. The van der Waals surface area contributed by atoms with Gasteiger partial charge in [0.2, 0.25) is 10.0 Å². The van der Waals surface area contributed by atoms with Crippen molar-refractivity contribution in [3.8, 4) is 0 Å². The number of aromatic nitrogens is 1. The van der Waals surface area contributed by atoms with Crippen LogP contribution in [-0.4, -0.2) is 48.8 Å². The van der Waals surface area contributed by atoms with Gasteiger partial charge in [-0.25, -0.2) is 8.42 Å². The number of fused-ring (bicyclic) bond motifs is 1. The van der Waals surface area contributed by atoms with Gasteiger partial charge >= 0.3 is 0 Å². The number of benzene rings is 1. The number of likely N-dealkylation sites (tertiary alicyclic amines) is 1. The molecule has 2 fully saturated rings. The van der Waals surface area contributed by atoms with Crippen LogP contribution in [0.4, 0.5) is 0 Å². The molecule has 0 saturated carbocycles. The van der Waals surface area contributed by atoms with E-state index in [0.717, 1.165) is 19.6 Å². The van der Waals surface area contributed by atoms with Crippen LogP contribution in [0.1, 0.15) is 5.56 Å². The lowest BCUT2D eigenvalue weighted by atomic mass is 10.0. The zero-order valence-corrected chi connectivity index (χ0v) is 14.3. The second-order valence-electron chi connectivity index (χ2n) is 6.71. The summed E-state index contributed by atoms with van der Waals surface area (Å²) in [7, 11) is -3.35. The Labute approximate surface area is 143 Å². The summed E-state index contributed by atoms with van der Waals surface area (Å²) in [6.07, 6.45) is 3.69. The summed E-state index contributed by atoms with van der Waals surface area (Å²) in [5, 5.41) is 0. The lowest BCUT2D eigenvalue weighted by Gasteiger charge is -2.21. The summed E-state index contributed by atoms with van der Waals surface area (Å²) in [6, 6.07) is 12.8. The first kappa shape index (κ1) is 15.7. The lowest BCUT2D eigenvalue weighted by molar-refractivity contribution is 0.289. The van der Waals surface area contributed by atoms with Crippen LogP contribution in [0.15, 0.2) is 59.8 Å². The van der Waals surface area contributed by atoms with Crippen molar-refractivity contribution in [1.82, 2.24) is 14.2 Å². The Morgan fingerprint density at radius 2 is 1.67 bits per heavy atom. The van der Waals surface area contributed by atoms with Gasteiger partial charge in [-0.1, -0.05) is 24.3 Å². The van der Waals surface area contributed by atoms with Crippen molar-refractivity contribution in [1.29, 1.82) is 0 Å². The summed E-state index contributed by atoms with van der Waals surface area (Å²) >= 11 is 0. The molecule has 5 nitrogen and oxygen atoms in total. The van der Waals surface area contributed by atoms with Crippen LogP contribution in [-0.2, 0) is 16.6 Å². The molecule has 0 bridgehead atoms. The molecule has 0 amide bonds. The largest absolute Gasteiger partial charge is 0.298 e. The quantitative estimate of drug-likeness (QED) is 0.850. The van der Waals surface area contributed by atoms with Gasteiger partial charge in [0.1, 0.15) is 0 Å². The molecule has 4 rings (SSSR count). The van der Waals surface area contributed by atoms with Crippen LogP contribution in [0, 0.1) is 11.8 Å². The van der Waals surface area contributed by atoms with Crippen molar-refractivity contribution >= 4 is 10.0 Å². The molecule has 0 radical (unpaired) electrons. The van der Waals surface area contributed by atoms with Gasteiger partial charge in [-0.05, 0) is 35.6 Å². The Bertz CT molecular complexity index is 782. The van der Waals surface area contributed by atoms with E-state index in [4.69, 9.17) is 0 Å². The summed E-state index contributed by atoms with van der Waals surface area (Å²) in [4.78, 5) is 6.98. The van der Waals surface area contributed by atoms with Gasteiger partial charge in [-0.15, -0.1) is 0 Å². The first-order chi connectivity index (χ1) is 11.6. The van der Waals surface area contributed by atoms with E-state index in [1.54, 1.807) is 34.8 Å². The van der Waals surface area contributed by atoms with E-state index in [1.165, 1.54) is 5.56 Å².